The van der Waals surface area contributed by atoms with Gasteiger partial charge >= 0.3 is 0 Å². The lowest BCUT2D eigenvalue weighted by Gasteiger charge is -2.05. The van der Waals surface area contributed by atoms with Crippen molar-refractivity contribution in [2.24, 2.45) is 0 Å². The number of nitrogens with zero attached hydrogens (tertiary/aromatic N) is 1. The van der Waals surface area contributed by atoms with Crippen molar-refractivity contribution in [3.05, 3.63) is 52.3 Å². The molecule has 0 radical (unpaired) electrons. The maximum Gasteiger partial charge on any atom is 0.251 e. The van der Waals surface area contributed by atoms with Gasteiger partial charge in [-0.15, -0.1) is 0 Å². The SMILES string of the molecule is Cc1[nH]ncc1CCCNC(=O)c1cccc(Cl)c1. The highest BCUT2D eigenvalue weighted by Crippen LogP contribution is 2.10. The Balaban J connectivity index is 1.77. The molecule has 0 aliphatic rings. The smallest absolute Gasteiger partial charge is 0.251 e. The molecular weight excluding hydrogens is 262 g/mol. The summed E-state index contributed by atoms with van der Waals surface area (Å²) < 4.78 is 0. The van der Waals surface area contributed by atoms with E-state index in [0.717, 1.165) is 18.5 Å². The van der Waals surface area contributed by atoms with Gasteiger partial charge in [-0.25, -0.2) is 0 Å². The Labute approximate surface area is 117 Å². The highest BCUT2D eigenvalue weighted by atomic mass is 35.5. The fourth-order valence-electron chi connectivity index (χ4n) is 1.84. The number of rotatable bonds is 5. The van der Waals surface area contributed by atoms with E-state index in [-0.39, 0.29) is 5.91 Å². The van der Waals surface area contributed by atoms with Crippen LogP contribution in [-0.2, 0) is 6.42 Å². The summed E-state index contributed by atoms with van der Waals surface area (Å²) in [6, 6.07) is 6.94. The van der Waals surface area contributed by atoms with Crippen molar-refractivity contribution in [3.63, 3.8) is 0 Å². The second-order valence-electron chi connectivity index (χ2n) is 4.39. The number of hydrogen-bond donors (Lipinski definition) is 2. The molecule has 0 spiro atoms. The van der Waals surface area contributed by atoms with Gasteiger partial charge in [-0.3, -0.25) is 9.89 Å². The van der Waals surface area contributed by atoms with Gasteiger partial charge in [0, 0.05) is 22.8 Å². The number of aromatic nitrogens is 2. The van der Waals surface area contributed by atoms with Crippen LogP contribution in [0.3, 0.4) is 0 Å². The predicted molar refractivity (Wildman–Crippen MR) is 75.4 cm³/mol. The fourth-order valence-corrected chi connectivity index (χ4v) is 2.03. The second-order valence-corrected chi connectivity index (χ2v) is 4.83. The molecule has 0 aliphatic heterocycles. The molecule has 2 N–H and O–H groups in total. The molecule has 1 aromatic heterocycles. The van der Waals surface area contributed by atoms with E-state index in [1.165, 1.54) is 5.56 Å². The predicted octanol–water partition coefficient (Wildman–Crippen LogP) is 2.73. The van der Waals surface area contributed by atoms with E-state index in [9.17, 15) is 4.79 Å². The average Bonchev–Trinajstić information content (AvgIpc) is 2.80. The molecule has 19 heavy (non-hydrogen) atoms. The molecular formula is C14H16ClN3O. The van der Waals surface area contributed by atoms with E-state index in [2.05, 4.69) is 15.5 Å². The molecule has 0 saturated carbocycles. The van der Waals surface area contributed by atoms with E-state index >= 15 is 0 Å². The van der Waals surface area contributed by atoms with Crippen LogP contribution in [-0.4, -0.2) is 22.6 Å². The number of carbonyl (C=O) groups is 1. The van der Waals surface area contributed by atoms with Gasteiger partial charge in [0.25, 0.3) is 5.91 Å². The van der Waals surface area contributed by atoms with Crippen LogP contribution in [0.1, 0.15) is 28.0 Å². The van der Waals surface area contributed by atoms with Crippen LogP contribution in [0.15, 0.2) is 30.5 Å². The first-order chi connectivity index (χ1) is 9.16. The number of halogens is 1. The van der Waals surface area contributed by atoms with Crippen LogP contribution in [0.4, 0.5) is 0 Å². The van der Waals surface area contributed by atoms with Crippen LogP contribution in [0.5, 0.6) is 0 Å². The Hall–Kier alpha value is -1.81. The average molecular weight is 278 g/mol. The Morgan fingerprint density at radius 2 is 2.32 bits per heavy atom. The number of nitrogens with one attached hydrogen (secondary N) is 2. The van der Waals surface area contributed by atoms with Gasteiger partial charge in [0.2, 0.25) is 0 Å². The van der Waals surface area contributed by atoms with E-state index in [1.807, 2.05) is 13.1 Å². The topological polar surface area (TPSA) is 57.8 Å². The van der Waals surface area contributed by atoms with Crippen molar-refractivity contribution in [2.45, 2.75) is 19.8 Å². The fraction of sp³-hybridized carbons (Fsp3) is 0.286. The first kappa shape index (κ1) is 13.6. The molecule has 0 bridgehead atoms. The molecule has 0 atom stereocenters. The standard InChI is InChI=1S/C14H16ClN3O/c1-10-12(9-17-18-10)5-3-7-16-14(19)11-4-2-6-13(15)8-11/h2,4,6,8-9H,3,5,7H2,1H3,(H,16,19)(H,17,18). The molecule has 1 heterocycles. The Morgan fingerprint density at radius 1 is 1.47 bits per heavy atom. The van der Waals surface area contributed by atoms with Crippen molar-refractivity contribution >= 4 is 17.5 Å². The normalized spacial score (nSPS) is 10.4. The van der Waals surface area contributed by atoms with E-state index < -0.39 is 0 Å². The third kappa shape index (κ3) is 3.83. The zero-order valence-electron chi connectivity index (χ0n) is 10.7. The van der Waals surface area contributed by atoms with Crippen molar-refractivity contribution in [1.82, 2.24) is 15.5 Å². The number of amides is 1. The minimum Gasteiger partial charge on any atom is -0.352 e. The number of H-pyrrole nitrogens is 1. The second kappa shape index (κ2) is 6.38. The number of aryl methyl sites for hydroxylation is 2. The van der Waals surface area contributed by atoms with Crippen LogP contribution in [0, 0.1) is 6.92 Å². The summed E-state index contributed by atoms with van der Waals surface area (Å²) >= 11 is 5.84. The molecule has 2 rings (SSSR count). The van der Waals surface area contributed by atoms with Crippen molar-refractivity contribution < 1.29 is 4.79 Å². The quantitative estimate of drug-likeness (QED) is 0.826. The first-order valence-corrected chi connectivity index (χ1v) is 6.57. The summed E-state index contributed by atoms with van der Waals surface area (Å²) in [5, 5.41) is 10.3. The molecule has 1 aromatic carbocycles. The molecule has 5 heteroatoms. The molecule has 1 amide bonds. The van der Waals surface area contributed by atoms with Gasteiger partial charge in [0.1, 0.15) is 0 Å². The summed E-state index contributed by atoms with van der Waals surface area (Å²) in [7, 11) is 0. The maximum atomic E-state index is 11.8. The summed E-state index contributed by atoms with van der Waals surface area (Å²) in [6.45, 7) is 2.63. The molecule has 0 fully saturated rings. The zero-order chi connectivity index (χ0) is 13.7. The van der Waals surface area contributed by atoms with Crippen molar-refractivity contribution in [3.8, 4) is 0 Å². The number of hydrogen-bond acceptors (Lipinski definition) is 2. The van der Waals surface area contributed by atoms with E-state index in [1.54, 1.807) is 24.3 Å². The molecule has 4 nitrogen and oxygen atoms in total. The molecule has 100 valence electrons. The van der Waals surface area contributed by atoms with Crippen LogP contribution >= 0.6 is 11.6 Å². The molecule has 2 aromatic rings. The van der Waals surface area contributed by atoms with Crippen molar-refractivity contribution in [2.75, 3.05) is 6.54 Å². The lowest BCUT2D eigenvalue weighted by atomic mass is 10.1. The number of aromatic amines is 1. The van der Waals surface area contributed by atoms with Gasteiger partial charge in [-0.1, -0.05) is 17.7 Å². The van der Waals surface area contributed by atoms with Gasteiger partial charge < -0.3 is 5.32 Å². The van der Waals surface area contributed by atoms with Gasteiger partial charge in [-0.2, -0.15) is 5.10 Å². The Kier molecular flexibility index (Phi) is 4.58. The van der Waals surface area contributed by atoms with Crippen LogP contribution < -0.4 is 5.32 Å². The highest BCUT2D eigenvalue weighted by Gasteiger charge is 2.05. The third-order valence-corrected chi connectivity index (χ3v) is 3.16. The van der Waals surface area contributed by atoms with E-state index in [0.29, 0.717) is 17.1 Å². The lowest BCUT2D eigenvalue weighted by Crippen LogP contribution is -2.24. The molecule has 0 aliphatic carbocycles. The monoisotopic (exact) mass is 277 g/mol. The summed E-state index contributed by atoms with van der Waals surface area (Å²) in [4.78, 5) is 11.8. The first-order valence-electron chi connectivity index (χ1n) is 6.19. The zero-order valence-corrected chi connectivity index (χ0v) is 11.5. The van der Waals surface area contributed by atoms with Crippen LogP contribution in [0.25, 0.3) is 0 Å². The minimum atomic E-state index is -0.0913. The summed E-state index contributed by atoms with van der Waals surface area (Å²) in [5.74, 6) is -0.0913. The number of carbonyl (C=O) groups excluding carboxylic acids is 1. The maximum absolute atomic E-state index is 11.8. The largest absolute Gasteiger partial charge is 0.352 e. The molecule has 0 saturated heterocycles. The highest BCUT2D eigenvalue weighted by molar-refractivity contribution is 6.30. The van der Waals surface area contributed by atoms with Crippen molar-refractivity contribution in [1.29, 1.82) is 0 Å². The number of benzene rings is 1. The Bertz CT molecular complexity index is 565. The van der Waals surface area contributed by atoms with Crippen LogP contribution in [0.2, 0.25) is 5.02 Å². The third-order valence-electron chi connectivity index (χ3n) is 2.93. The van der Waals surface area contributed by atoms with Gasteiger partial charge in [0.05, 0.1) is 6.20 Å². The van der Waals surface area contributed by atoms with Gasteiger partial charge in [-0.05, 0) is 43.5 Å². The minimum absolute atomic E-state index is 0.0913. The molecule has 0 unspecified atom stereocenters. The Morgan fingerprint density at radius 3 is 3.00 bits per heavy atom. The van der Waals surface area contributed by atoms with E-state index in [4.69, 9.17) is 11.6 Å². The summed E-state index contributed by atoms with van der Waals surface area (Å²) in [5.41, 5.74) is 2.87. The summed E-state index contributed by atoms with van der Waals surface area (Å²) in [6.07, 6.45) is 3.61. The lowest BCUT2D eigenvalue weighted by molar-refractivity contribution is 0.0953. The van der Waals surface area contributed by atoms with Gasteiger partial charge in [0.15, 0.2) is 0 Å².